The molecule has 126 valence electrons. The highest BCUT2D eigenvalue weighted by Gasteiger charge is 2.08. The first kappa shape index (κ1) is 18.1. The molecular formula is C18H18BrFN2O2. The minimum atomic E-state index is -0.332. The lowest BCUT2D eigenvalue weighted by molar-refractivity contribution is 0.0951. The first-order valence-electron chi connectivity index (χ1n) is 7.55. The van der Waals surface area contributed by atoms with Gasteiger partial charge in [0.15, 0.2) is 0 Å². The summed E-state index contributed by atoms with van der Waals surface area (Å²) in [5, 5.41) is 5.54. The molecule has 6 heteroatoms. The standard InChI is InChI=1S/C18H18BrFN2O2/c1-12-10-14(6-7-16(12)20)18(24)22-9-3-8-21-17(23)13-4-2-5-15(19)11-13/h2,4-7,10-11H,3,8-9H2,1H3,(H,21,23)(H,22,24). The third-order valence-electron chi connectivity index (χ3n) is 3.43. The molecule has 0 saturated carbocycles. The molecule has 0 atom stereocenters. The van der Waals surface area contributed by atoms with E-state index in [-0.39, 0.29) is 17.6 Å². The van der Waals surface area contributed by atoms with Crippen LogP contribution in [0.1, 0.15) is 32.7 Å². The lowest BCUT2D eigenvalue weighted by Gasteiger charge is -2.08. The van der Waals surface area contributed by atoms with Crippen LogP contribution in [-0.4, -0.2) is 24.9 Å². The summed E-state index contributed by atoms with van der Waals surface area (Å²) in [6.45, 7) is 2.49. The molecule has 2 N–H and O–H groups in total. The normalized spacial score (nSPS) is 10.3. The van der Waals surface area contributed by atoms with Gasteiger partial charge in [-0.15, -0.1) is 0 Å². The Balaban J connectivity index is 1.72. The van der Waals surface area contributed by atoms with Crippen LogP contribution >= 0.6 is 15.9 Å². The lowest BCUT2D eigenvalue weighted by atomic mass is 10.1. The van der Waals surface area contributed by atoms with E-state index in [4.69, 9.17) is 0 Å². The topological polar surface area (TPSA) is 58.2 Å². The van der Waals surface area contributed by atoms with Crippen LogP contribution in [0.5, 0.6) is 0 Å². The van der Waals surface area contributed by atoms with Gasteiger partial charge in [0.25, 0.3) is 11.8 Å². The lowest BCUT2D eigenvalue weighted by Crippen LogP contribution is -2.30. The average Bonchev–Trinajstić information content (AvgIpc) is 2.56. The predicted octanol–water partition coefficient (Wildman–Crippen LogP) is 3.45. The minimum Gasteiger partial charge on any atom is -0.352 e. The first-order valence-corrected chi connectivity index (χ1v) is 8.35. The molecule has 0 saturated heterocycles. The second kappa shape index (κ2) is 8.59. The Morgan fingerprint density at radius 2 is 1.62 bits per heavy atom. The summed E-state index contributed by atoms with van der Waals surface area (Å²) in [6.07, 6.45) is 0.603. The molecule has 0 aliphatic heterocycles. The van der Waals surface area contributed by atoms with E-state index in [2.05, 4.69) is 26.6 Å². The highest BCUT2D eigenvalue weighted by Crippen LogP contribution is 2.11. The molecule has 0 bridgehead atoms. The average molecular weight is 393 g/mol. The van der Waals surface area contributed by atoms with Gasteiger partial charge in [-0.05, 0) is 55.3 Å². The summed E-state index contributed by atoms with van der Waals surface area (Å²) in [4.78, 5) is 23.9. The van der Waals surface area contributed by atoms with Crippen molar-refractivity contribution >= 4 is 27.7 Å². The fraction of sp³-hybridized carbons (Fsp3) is 0.222. The molecule has 2 rings (SSSR count). The van der Waals surface area contributed by atoms with Crippen LogP contribution in [0.15, 0.2) is 46.9 Å². The van der Waals surface area contributed by atoms with Crippen molar-refractivity contribution in [1.29, 1.82) is 0 Å². The van der Waals surface area contributed by atoms with E-state index in [9.17, 15) is 14.0 Å². The maximum absolute atomic E-state index is 13.2. The van der Waals surface area contributed by atoms with Gasteiger partial charge < -0.3 is 10.6 Å². The SMILES string of the molecule is Cc1cc(C(=O)NCCCNC(=O)c2cccc(Br)c2)ccc1F. The molecule has 0 heterocycles. The Morgan fingerprint density at radius 3 is 2.21 bits per heavy atom. The van der Waals surface area contributed by atoms with Gasteiger partial charge in [0.05, 0.1) is 0 Å². The van der Waals surface area contributed by atoms with Crippen molar-refractivity contribution in [3.8, 4) is 0 Å². The molecule has 2 aromatic rings. The summed E-state index contributed by atoms with van der Waals surface area (Å²) in [5.74, 6) is -0.741. The molecule has 0 spiro atoms. The van der Waals surface area contributed by atoms with Gasteiger partial charge in [0, 0.05) is 28.7 Å². The van der Waals surface area contributed by atoms with E-state index in [1.165, 1.54) is 18.2 Å². The second-order valence-electron chi connectivity index (χ2n) is 5.34. The summed E-state index contributed by atoms with van der Waals surface area (Å²) in [5.41, 5.74) is 1.44. The van der Waals surface area contributed by atoms with Gasteiger partial charge in [0.1, 0.15) is 5.82 Å². The van der Waals surface area contributed by atoms with Crippen LogP contribution in [0, 0.1) is 12.7 Å². The summed E-state index contributed by atoms with van der Waals surface area (Å²) in [7, 11) is 0. The van der Waals surface area contributed by atoms with E-state index in [0.717, 1.165) is 4.47 Å². The number of aryl methyl sites for hydroxylation is 1. The first-order chi connectivity index (χ1) is 11.5. The highest BCUT2D eigenvalue weighted by molar-refractivity contribution is 9.10. The van der Waals surface area contributed by atoms with Crippen molar-refractivity contribution in [3.05, 3.63) is 69.4 Å². The fourth-order valence-electron chi connectivity index (χ4n) is 2.11. The van der Waals surface area contributed by atoms with Crippen LogP contribution < -0.4 is 10.6 Å². The number of rotatable bonds is 6. The zero-order valence-corrected chi connectivity index (χ0v) is 14.8. The van der Waals surface area contributed by atoms with E-state index >= 15 is 0 Å². The Labute approximate surface area is 148 Å². The summed E-state index contributed by atoms with van der Waals surface area (Å²) < 4.78 is 14.0. The third kappa shape index (κ3) is 5.16. The highest BCUT2D eigenvalue weighted by atomic mass is 79.9. The molecule has 2 aromatic carbocycles. The molecule has 0 aliphatic rings. The predicted molar refractivity (Wildman–Crippen MR) is 94.6 cm³/mol. The van der Waals surface area contributed by atoms with Crippen molar-refractivity contribution in [3.63, 3.8) is 0 Å². The molecular weight excluding hydrogens is 375 g/mol. The number of carbonyl (C=O) groups excluding carboxylic acids is 2. The van der Waals surface area contributed by atoms with Crippen molar-refractivity contribution in [1.82, 2.24) is 10.6 Å². The van der Waals surface area contributed by atoms with Crippen LogP contribution in [0.4, 0.5) is 4.39 Å². The molecule has 0 aromatic heterocycles. The minimum absolute atomic E-state index is 0.156. The quantitative estimate of drug-likeness (QED) is 0.739. The van der Waals surface area contributed by atoms with E-state index < -0.39 is 0 Å². The number of carbonyl (C=O) groups is 2. The molecule has 0 radical (unpaired) electrons. The number of halogens is 2. The number of amides is 2. The Hall–Kier alpha value is -2.21. The van der Waals surface area contributed by atoms with Gasteiger partial charge in [-0.3, -0.25) is 9.59 Å². The second-order valence-corrected chi connectivity index (χ2v) is 6.26. The third-order valence-corrected chi connectivity index (χ3v) is 3.92. The van der Waals surface area contributed by atoms with Crippen LogP contribution in [-0.2, 0) is 0 Å². The smallest absolute Gasteiger partial charge is 0.251 e. The van der Waals surface area contributed by atoms with Gasteiger partial charge in [0.2, 0.25) is 0 Å². The zero-order chi connectivity index (χ0) is 17.5. The molecule has 0 fully saturated rings. The Kier molecular flexibility index (Phi) is 6.49. The Bertz CT molecular complexity index is 750. The number of benzene rings is 2. The monoisotopic (exact) mass is 392 g/mol. The number of nitrogens with one attached hydrogen (secondary N) is 2. The van der Waals surface area contributed by atoms with E-state index in [1.54, 1.807) is 25.1 Å². The summed E-state index contributed by atoms with van der Waals surface area (Å²) >= 11 is 3.32. The largest absolute Gasteiger partial charge is 0.352 e. The maximum Gasteiger partial charge on any atom is 0.251 e. The van der Waals surface area contributed by atoms with Gasteiger partial charge in [-0.1, -0.05) is 22.0 Å². The number of hydrogen-bond donors (Lipinski definition) is 2. The maximum atomic E-state index is 13.2. The van der Waals surface area contributed by atoms with Crippen molar-refractivity contribution in [2.45, 2.75) is 13.3 Å². The number of hydrogen-bond acceptors (Lipinski definition) is 2. The van der Waals surface area contributed by atoms with Gasteiger partial charge >= 0.3 is 0 Å². The molecule has 24 heavy (non-hydrogen) atoms. The molecule has 0 aliphatic carbocycles. The molecule has 4 nitrogen and oxygen atoms in total. The molecule has 2 amide bonds. The summed E-state index contributed by atoms with van der Waals surface area (Å²) in [6, 6.07) is 11.4. The van der Waals surface area contributed by atoms with Crippen molar-refractivity contribution < 1.29 is 14.0 Å². The van der Waals surface area contributed by atoms with Crippen molar-refractivity contribution in [2.75, 3.05) is 13.1 Å². The van der Waals surface area contributed by atoms with E-state index in [1.807, 2.05) is 6.07 Å². The van der Waals surface area contributed by atoms with Gasteiger partial charge in [-0.2, -0.15) is 0 Å². The van der Waals surface area contributed by atoms with Crippen molar-refractivity contribution in [2.24, 2.45) is 0 Å². The molecule has 0 unspecified atom stereocenters. The van der Waals surface area contributed by atoms with E-state index in [0.29, 0.717) is 36.2 Å². The zero-order valence-electron chi connectivity index (χ0n) is 13.2. The van der Waals surface area contributed by atoms with Crippen LogP contribution in [0.25, 0.3) is 0 Å². The van der Waals surface area contributed by atoms with Crippen LogP contribution in [0.3, 0.4) is 0 Å². The van der Waals surface area contributed by atoms with Crippen LogP contribution in [0.2, 0.25) is 0 Å². The van der Waals surface area contributed by atoms with Gasteiger partial charge in [-0.25, -0.2) is 4.39 Å². The fourth-order valence-corrected chi connectivity index (χ4v) is 2.51. The Morgan fingerprint density at radius 1 is 1.00 bits per heavy atom.